The lowest BCUT2D eigenvalue weighted by Gasteiger charge is -2.00. The Kier molecular flexibility index (Phi) is 7.93. The highest BCUT2D eigenvalue weighted by Crippen LogP contribution is 1.95. The normalized spacial score (nSPS) is 12.7. The monoisotopic (exact) mass is 208 g/mol. The van der Waals surface area contributed by atoms with E-state index < -0.39 is 16.8 Å². The van der Waals surface area contributed by atoms with Crippen LogP contribution in [0.4, 0.5) is 0 Å². The molecular weight excluding hydrogens is 192 g/mol. The van der Waals surface area contributed by atoms with Gasteiger partial charge in [-0.2, -0.15) is 0 Å². The van der Waals surface area contributed by atoms with Gasteiger partial charge in [0.15, 0.2) is 0 Å². The molecule has 1 N–H and O–H groups in total. The van der Waals surface area contributed by atoms with Crippen LogP contribution in [0.25, 0.3) is 0 Å². The zero-order valence-corrected chi connectivity index (χ0v) is 8.64. The van der Waals surface area contributed by atoms with E-state index >= 15 is 0 Å². The first-order chi connectivity index (χ1) is 6.16. The van der Waals surface area contributed by atoms with Crippen LogP contribution in [0.3, 0.4) is 0 Å². The summed E-state index contributed by atoms with van der Waals surface area (Å²) in [4.78, 5) is 10.1. The lowest BCUT2D eigenvalue weighted by atomic mass is 10.3. The summed E-state index contributed by atoms with van der Waals surface area (Å²) in [6, 6.07) is 0. The van der Waals surface area contributed by atoms with Crippen LogP contribution in [0.2, 0.25) is 0 Å². The van der Waals surface area contributed by atoms with Crippen LogP contribution in [0.5, 0.6) is 0 Å². The third-order valence-corrected chi connectivity index (χ3v) is 2.97. The number of hydrogen-bond acceptors (Lipinski definition) is 3. The number of methoxy groups -OCH3 is 1. The van der Waals surface area contributed by atoms with Gasteiger partial charge in [0.25, 0.3) is 0 Å². The van der Waals surface area contributed by atoms with Crippen LogP contribution in [-0.4, -0.2) is 40.5 Å². The van der Waals surface area contributed by atoms with E-state index in [2.05, 4.69) is 0 Å². The lowest BCUT2D eigenvalue weighted by Crippen LogP contribution is -2.06. The molecule has 13 heavy (non-hydrogen) atoms. The highest BCUT2D eigenvalue weighted by molar-refractivity contribution is 7.84. The predicted octanol–water partition coefficient (Wildman–Crippen LogP) is 0.636. The summed E-state index contributed by atoms with van der Waals surface area (Å²) in [5.41, 5.74) is 0. The number of aliphatic carboxylic acids is 1. The molecule has 0 heterocycles. The van der Waals surface area contributed by atoms with Crippen molar-refractivity contribution in [3.63, 3.8) is 0 Å². The molecule has 0 fully saturated rings. The minimum absolute atomic E-state index is 0.107. The first-order valence-electron chi connectivity index (χ1n) is 4.22. The molecular formula is C8H16O4S. The Labute approximate surface area is 80.7 Å². The number of ether oxygens (including phenoxy) is 1. The van der Waals surface area contributed by atoms with Gasteiger partial charge in [0.2, 0.25) is 0 Å². The van der Waals surface area contributed by atoms with Crippen molar-refractivity contribution >= 4 is 16.8 Å². The third kappa shape index (κ3) is 9.49. The summed E-state index contributed by atoms with van der Waals surface area (Å²) in [5, 5.41) is 8.32. The van der Waals surface area contributed by atoms with Crippen molar-refractivity contribution in [3.05, 3.63) is 0 Å². The van der Waals surface area contributed by atoms with Gasteiger partial charge < -0.3 is 9.84 Å². The standard InChI is InChI=1S/C8H16O4S/c1-12-5-3-7-13(11)6-2-4-8(9)10/h2-7H2,1H3,(H,9,10). The third-order valence-electron chi connectivity index (χ3n) is 1.48. The molecule has 0 spiro atoms. The highest BCUT2D eigenvalue weighted by Gasteiger charge is 2.01. The maximum Gasteiger partial charge on any atom is 0.303 e. The Morgan fingerprint density at radius 1 is 1.38 bits per heavy atom. The molecule has 0 aliphatic heterocycles. The van der Waals surface area contributed by atoms with Gasteiger partial charge in [-0.15, -0.1) is 0 Å². The van der Waals surface area contributed by atoms with Crippen molar-refractivity contribution in [2.45, 2.75) is 19.3 Å². The van der Waals surface area contributed by atoms with Crippen LogP contribution in [0.15, 0.2) is 0 Å². The van der Waals surface area contributed by atoms with Crippen molar-refractivity contribution in [2.24, 2.45) is 0 Å². The maximum atomic E-state index is 11.2. The maximum absolute atomic E-state index is 11.2. The fourth-order valence-electron chi connectivity index (χ4n) is 0.851. The topological polar surface area (TPSA) is 63.6 Å². The van der Waals surface area contributed by atoms with Crippen LogP contribution < -0.4 is 0 Å². The van der Waals surface area contributed by atoms with E-state index in [1.54, 1.807) is 7.11 Å². The predicted molar refractivity (Wildman–Crippen MR) is 51.2 cm³/mol. The van der Waals surface area contributed by atoms with Gasteiger partial charge >= 0.3 is 5.97 Å². The number of carboxylic acids is 1. The molecule has 5 heteroatoms. The largest absolute Gasteiger partial charge is 0.481 e. The van der Waals surface area contributed by atoms with Crippen molar-refractivity contribution in [1.29, 1.82) is 0 Å². The van der Waals surface area contributed by atoms with Gasteiger partial charge in [0.1, 0.15) is 0 Å². The average molecular weight is 208 g/mol. The smallest absolute Gasteiger partial charge is 0.303 e. The fraction of sp³-hybridized carbons (Fsp3) is 0.875. The van der Waals surface area contributed by atoms with Crippen molar-refractivity contribution in [2.75, 3.05) is 25.2 Å². The summed E-state index contributed by atoms with van der Waals surface area (Å²) >= 11 is 0. The van der Waals surface area contributed by atoms with Gasteiger partial charge in [-0.3, -0.25) is 9.00 Å². The minimum Gasteiger partial charge on any atom is -0.481 e. The quantitative estimate of drug-likeness (QED) is 0.594. The fourth-order valence-corrected chi connectivity index (χ4v) is 1.96. The summed E-state index contributed by atoms with van der Waals surface area (Å²) < 4.78 is 16.0. The van der Waals surface area contributed by atoms with Crippen LogP contribution in [0, 0.1) is 0 Å². The lowest BCUT2D eigenvalue weighted by molar-refractivity contribution is -0.137. The molecule has 0 aromatic rings. The molecule has 1 unspecified atom stereocenters. The van der Waals surface area contributed by atoms with Crippen LogP contribution >= 0.6 is 0 Å². The zero-order valence-electron chi connectivity index (χ0n) is 7.82. The summed E-state index contributed by atoms with van der Waals surface area (Å²) in [6.45, 7) is 0.616. The second-order valence-corrected chi connectivity index (χ2v) is 4.39. The second-order valence-electron chi connectivity index (χ2n) is 2.69. The molecule has 78 valence electrons. The number of carbonyl (C=O) groups is 1. The Morgan fingerprint density at radius 2 is 2.00 bits per heavy atom. The van der Waals surface area contributed by atoms with Gasteiger partial charge in [-0.05, 0) is 12.8 Å². The molecule has 0 saturated heterocycles. The van der Waals surface area contributed by atoms with E-state index in [1.807, 2.05) is 0 Å². The van der Waals surface area contributed by atoms with Gasteiger partial charge in [0.05, 0.1) is 0 Å². The number of rotatable bonds is 8. The Balaban J connectivity index is 3.25. The Bertz CT molecular complexity index is 170. The van der Waals surface area contributed by atoms with E-state index in [0.29, 0.717) is 24.5 Å². The molecule has 0 aromatic carbocycles. The summed E-state index contributed by atoms with van der Waals surface area (Å²) in [6.07, 6.45) is 1.38. The summed E-state index contributed by atoms with van der Waals surface area (Å²) in [5.74, 6) is 0.262. The molecule has 0 aromatic heterocycles. The molecule has 1 atom stereocenters. The molecule has 0 bridgehead atoms. The van der Waals surface area contributed by atoms with E-state index in [4.69, 9.17) is 9.84 Å². The molecule has 0 saturated carbocycles. The van der Waals surface area contributed by atoms with E-state index in [1.165, 1.54) is 0 Å². The van der Waals surface area contributed by atoms with Crippen molar-refractivity contribution in [3.8, 4) is 0 Å². The van der Waals surface area contributed by atoms with Gasteiger partial charge in [-0.25, -0.2) is 0 Å². The molecule has 0 aliphatic carbocycles. The SMILES string of the molecule is COCCCS(=O)CCCC(=O)O. The first-order valence-corrected chi connectivity index (χ1v) is 5.71. The van der Waals surface area contributed by atoms with E-state index in [9.17, 15) is 9.00 Å². The van der Waals surface area contributed by atoms with Crippen LogP contribution in [-0.2, 0) is 20.3 Å². The number of hydrogen-bond donors (Lipinski definition) is 1. The van der Waals surface area contributed by atoms with Gasteiger partial charge in [-0.1, -0.05) is 0 Å². The summed E-state index contributed by atoms with van der Waals surface area (Å²) in [7, 11) is 0.723. The molecule has 0 aliphatic rings. The Hall–Kier alpha value is -0.420. The molecule has 0 radical (unpaired) electrons. The average Bonchev–Trinajstić information content (AvgIpc) is 2.04. The highest BCUT2D eigenvalue weighted by atomic mass is 32.2. The van der Waals surface area contributed by atoms with E-state index in [-0.39, 0.29) is 6.42 Å². The molecule has 0 rings (SSSR count). The van der Waals surface area contributed by atoms with Gasteiger partial charge in [0, 0.05) is 42.4 Å². The van der Waals surface area contributed by atoms with Crippen molar-refractivity contribution in [1.82, 2.24) is 0 Å². The number of carboxylic acid groups (broad SMARTS) is 1. The first kappa shape index (κ1) is 12.6. The second kappa shape index (κ2) is 8.19. The zero-order chi connectivity index (χ0) is 10.1. The van der Waals surface area contributed by atoms with Crippen LogP contribution in [0.1, 0.15) is 19.3 Å². The van der Waals surface area contributed by atoms with Crippen molar-refractivity contribution < 1.29 is 18.8 Å². The molecule has 4 nitrogen and oxygen atoms in total. The minimum atomic E-state index is -0.881. The molecule has 0 amide bonds. The van der Waals surface area contributed by atoms with E-state index in [0.717, 1.165) is 6.42 Å². The Morgan fingerprint density at radius 3 is 2.54 bits per heavy atom.